The number of nitrogens with zero attached hydrogens (tertiary/aromatic N) is 1. The molecule has 1 aliphatic rings. The van der Waals surface area contributed by atoms with Crippen molar-refractivity contribution in [3.05, 3.63) is 0 Å². The molecule has 0 bridgehead atoms. The van der Waals surface area contributed by atoms with Gasteiger partial charge in [0.25, 0.3) is 0 Å². The van der Waals surface area contributed by atoms with Crippen LogP contribution in [0.2, 0.25) is 0 Å². The van der Waals surface area contributed by atoms with Gasteiger partial charge in [-0.25, -0.2) is 0 Å². The Hall–Kier alpha value is -1.18. The van der Waals surface area contributed by atoms with E-state index in [0.717, 1.165) is 97.2 Å². The minimum Gasteiger partial charge on any atom is -0.466 e. The lowest BCUT2D eigenvalue weighted by Crippen LogP contribution is -2.37. The number of ether oxygens (including phenoxy) is 4. The van der Waals surface area contributed by atoms with Crippen molar-refractivity contribution in [1.82, 2.24) is 4.90 Å². The maximum atomic E-state index is 12.4. The van der Waals surface area contributed by atoms with Gasteiger partial charge in [0.1, 0.15) is 0 Å². The Morgan fingerprint density at radius 2 is 0.814 bits per heavy atom. The summed E-state index contributed by atoms with van der Waals surface area (Å²) in [5, 5.41) is 0. The largest absolute Gasteiger partial charge is 0.466 e. The first-order valence-electron chi connectivity index (χ1n) is 26.2. The molecule has 59 heavy (non-hydrogen) atoms. The molecule has 0 unspecified atom stereocenters. The van der Waals surface area contributed by atoms with Crippen LogP contribution in [-0.2, 0) is 28.5 Å². The minimum absolute atomic E-state index is 0.00394. The molecule has 0 aromatic heterocycles. The smallest absolute Gasteiger partial charge is 0.305 e. The molecule has 0 saturated carbocycles. The highest BCUT2D eigenvalue weighted by atomic mass is 16.5. The molecule has 0 aromatic rings. The molecule has 1 rings (SSSR count). The number of rotatable bonds is 45. The quantitative estimate of drug-likeness (QED) is 0.0447. The zero-order valence-corrected chi connectivity index (χ0v) is 40.0. The summed E-state index contributed by atoms with van der Waals surface area (Å²) < 4.78 is 23.4. The first-order valence-corrected chi connectivity index (χ1v) is 26.2. The molecule has 0 spiro atoms. The zero-order valence-electron chi connectivity index (χ0n) is 40.0. The molecule has 350 valence electrons. The van der Waals surface area contributed by atoms with E-state index in [0.29, 0.717) is 44.0 Å². The average molecular weight is 836 g/mol. The summed E-state index contributed by atoms with van der Waals surface area (Å²) in [5.41, 5.74) is 0. The van der Waals surface area contributed by atoms with Gasteiger partial charge in [-0.2, -0.15) is 0 Å². The molecule has 7 nitrogen and oxygen atoms in total. The van der Waals surface area contributed by atoms with Crippen LogP contribution in [0.25, 0.3) is 0 Å². The summed E-state index contributed by atoms with van der Waals surface area (Å²) in [7, 11) is 0. The van der Waals surface area contributed by atoms with Gasteiger partial charge in [0, 0.05) is 39.1 Å². The van der Waals surface area contributed by atoms with E-state index in [9.17, 15) is 9.59 Å². The van der Waals surface area contributed by atoms with Crippen molar-refractivity contribution in [2.24, 2.45) is 11.8 Å². The van der Waals surface area contributed by atoms with Crippen LogP contribution in [0.5, 0.6) is 0 Å². The van der Waals surface area contributed by atoms with Crippen molar-refractivity contribution in [2.75, 3.05) is 52.7 Å². The molecule has 1 fully saturated rings. The Labute approximate surface area is 367 Å². The summed E-state index contributed by atoms with van der Waals surface area (Å²) >= 11 is 0. The van der Waals surface area contributed by atoms with E-state index in [-0.39, 0.29) is 11.9 Å². The topological polar surface area (TPSA) is 74.3 Å². The highest BCUT2D eigenvalue weighted by Crippen LogP contribution is 2.23. The van der Waals surface area contributed by atoms with E-state index in [2.05, 4.69) is 32.6 Å². The Bertz CT molecular complexity index is 816. The standard InChI is InChI=1S/C52H101NO6/c1-5-9-21-30-48(31-22-10-6-2)38-44-58-51(54)36-27-19-15-13-17-25-34-50(57-43-29-40-53-41-46-56-47-42-53)35-26-18-14-16-20-28-37-52(55)59-45-39-49(32-23-11-7-3)33-24-12-8-4/h48-50H,5-47H2,1-4H3. The first-order chi connectivity index (χ1) is 29.0. The minimum atomic E-state index is 0.00394. The van der Waals surface area contributed by atoms with Crippen molar-refractivity contribution >= 4 is 11.9 Å². The van der Waals surface area contributed by atoms with Crippen molar-refractivity contribution in [3.8, 4) is 0 Å². The van der Waals surface area contributed by atoms with Gasteiger partial charge in [0.2, 0.25) is 0 Å². The number of esters is 2. The summed E-state index contributed by atoms with van der Waals surface area (Å²) in [6, 6.07) is 0. The predicted octanol–water partition coefficient (Wildman–Crippen LogP) is 14.8. The van der Waals surface area contributed by atoms with E-state index >= 15 is 0 Å². The van der Waals surface area contributed by atoms with Crippen molar-refractivity contribution < 1.29 is 28.5 Å². The molecule has 1 saturated heterocycles. The first kappa shape index (κ1) is 55.8. The summed E-state index contributed by atoms with van der Waals surface area (Å²) in [5.74, 6) is 1.44. The molecule has 0 amide bonds. The fourth-order valence-corrected chi connectivity index (χ4v) is 8.79. The van der Waals surface area contributed by atoms with E-state index in [1.807, 2.05) is 0 Å². The van der Waals surface area contributed by atoms with Crippen LogP contribution >= 0.6 is 0 Å². The lowest BCUT2D eigenvalue weighted by Gasteiger charge is -2.26. The molecule has 0 aliphatic carbocycles. The lowest BCUT2D eigenvalue weighted by molar-refractivity contribution is -0.145. The monoisotopic (exact) mass is 836 g/mol. The molecule has 7 heteroatoms. The fraction of sp³-hybridized carbons (Fsp3) is 0.962. The summed E-state index contributed by atoms with van der Waals surface area (Å²) in [6.45, 7) is 16.1. The molecule has 0 atom stereocenters. The van der Waals surface area contributed by atoms with Gasteiger partial charge in [-0.05, 0) is 56.8 Å². The lowest BCUT2D eigenvalue weighted by atomic mass is 9.92. The molecule has 1 aliphatic heterocycles. The van der Waals surface area contributed by atoms with Gasteiger partial charge in [-0.3, -0.25) is 14.5 Å². The van der Waals surface area contributed by atoms with Gasteiger partial charge < -0.3 is 18.9 Å². The molecule has 0 N–H and O–H groups in total. The zero-order chi connectivity index (χ0) is 42.7. The van der Waals surface area contributed by atoms with Crippen molar-refractivity contribution in [2.45, 2.75) is 259 Å². The van der Waals surface area contributed by atoms with E-state index < -0.39 is 0 Å². The van der Waals surface area contributed by atoms with Crippen LogP contribution in [-0.4, -0.2) is 75.6 Å². The Kier molecular flexibility index (Phi) is 41.1. The van der Waals surface area contributed by atoms with Crippen LogP contribution in [0.15, 0.2) is 0 Å². The molecule has 0 aromatic carbocycles. The highest BCUT2D eigenvalue weighted by Gasteiger charge is 2.14. The number of hydrogen-bond acceptors (Lipinski definition) is 7. The molecular formula is C52H101NO6. The van der Waals surface area contributed by atoms with Crippen LogP contribution < -0.4 is 0 Å². The van der Waals surface area contributed by atoms with Crippen LogP contribution in [0, 0.1) is 11.8 Å². The maximum Gasteiger partial charge on any atom is 0.305 e. The second-order valence-electron chi connectivity index (χ2n) is 18.4. The number of unbranched alkanes of at least 4 members (excludes halogenated alkanes) is 18. The van der Waals surface area contributed by atoms with Crippen molar-refractivity contribution in [1.29, 1.82) is 0 Å². The fourth-order valence-electron chi connectivity index (χ4n) is 8.79. The normalized spacial score (nSPS) is 13.6. The van der Waals surface area contributed by atoms with Crippen LogP contribution in [0.3, 0.4) is 0 Å². The van der Waals surface area contributed by atoms with E-state index in [1.165, 1.54) is 154 Å². The highest BCUT2D eigenvalue weighted by molar-refractivity contribution is 5.69. The third kappa shape index (κ3) is 37.1. The number of hydrogen-bond donors (Lipinski definition) is 0. The van der Waals surface area contributed by atoms with E-state index in [4.69, 9.17) is 18.9 Å². The molecular weight excluding hydrogens is 735 g/mol. The second kappa shape index (κ2) is 43.5. The van der Waals surface area contributed by atoms with Crippen LogP contribution in [0.1, 0.15) is 252 Å². The number of carbonyl (C=O) groups excluding carboxylic acids is 2. The SMILES string of the molecule is CCCCCC(CCCCC)CCOC(=O)CCCCCCCCC(CCCCCCCCC(=O)OCCC(CCCCC)CCCCC)OCCCN1CCOCC1. The third-order valence-corrected chi connectivity index (χ3v) is 12.8. The van der Waals surface area contributed by atoms with Gasteiger partial charge in [-0.15, -0.1) is 0 Å². The van der Waals surface area contributed by atoms with Crippen LogP contribution in [0.4, 0.5) is 0 Å². The Morgan fingerprint density at radius 1 is 0.441 bits per heavy atom. The predicted molar refractivity (Wildman–Crippen MR) is 250 cm³/mol. The third-order valence-electron chi connectivity index (χ3n) is 12.8. The molecule has 1 heterocycles. The summed E-state index contributed by atoms with van der Waals surface area (Å²) in [4.78, 5) is 27.3. The number of morpholine rings is 1. The average Bonchev–Trinajstić information content (AvgIpc) is 3.24. The number of carbonyl (C=O) groups is 2. The van der Waals surface area contributed by atoms with E-state index in [1.54, 1.807) is 0 Å². The summed E-state index contributed by atoms with van der Waals surface area (Å²) in [6.07, 6.45) is 41.7. The maximum absolute atomic E-state index is 12.4. The van der Waals surface area contributed by atoms with Gasteiger partial charge >= 0.3 is 11.9 Å². The van der Waals surface area contributed by atoms with Gasteiger partial charge in [-0.1, -0.05) is 195 Å². The second-order valence-corrected chi connectivity index (χ2v) is 18.4. The Morgan fingerprint density at radius 3 is 1.22 bits per heavy atom. The van der Waals surface area contributed by atoms with Gasteiger partial charge in [0.05, 0.1) is 32.5 Å². The van der Waals surface area contributed by atoms with Crippen molar-refractivity contribution in [3.63, 3.8) is 0 Å². The Balaban J connectivity index is 2.22. The van der Waals surface area contributed by atoms with Gasteiger partial charge in [0.15, 0.2) is 0 Å². The molecule has 0 radical (unpaired) electrons.